The number of rotatable bonds is 5. The van der Waals surface area contributed by atoms with Crippen LogP contribution in [-0.2, 0) is 16.6 Å². The van der Waals surface area contributed by atoms with Crippen LogP contribution in [0, 0.1) is 0 Å². The Labute approximate surface area is 158 Å². The lowest BCUT2D eigenvalue weighted by Crippen LogP contribution is -2.46. The van der Waals surface area contributed by atoms with Crippen LogP contribution in [0.4, 0.5) is 5.69 Å². The number of nitrogens with one attached hydrogen (secondary N) is 3. The van der Waals surface area contributed by atoms with E-state index in [1.54, 1.807) is 36.7 Å². The molecule has 2 heterocycles. The van der Waals surface area contributed by atoms with E-state index in [1.165, 1.54) is 4.31 Å². The number of benzene rings is 1. The minimum atomic E-state index is -3.44. The fourth-order valence-corrected chi connectivity index (χ4v) is 4.24. The minimum absolute atomic E-state index is 0.291. The Morgan fingerprint density at radius 2 is 1.92 bits per heavy atom. The molecule has 1 aromatic heterocycles. The molecule has 26 heavy (non-hydrogen) atoms. The Hall–Kier alpha value is -2.07. The Bertz CT molecular complexity index is 835. The van der Waals surface area contributed by atoms with Crippen molar-refractivity contribution in [2.75, 3.05) is 31.5 Å². The summed E-state index contributed by atoms with van der Waals surface area (Å²) in [7, 11) is -3.44. The number of hydrogen-bond donors (Lipinski definition) is 3. The highest BCUT2D eigenvalue weighted by Gasteiger charge is 2.25. The molecule has 0 spiro atoms. The maximum atomic E-state index is 12.6. The van der Waals surface area contributed by atoms with Crippen LogP contribution in [0.2, 0.25) is 0 Å². The molecule has 1 aliphatic heterocycles. The van der Waals surface area contributed by atoms with E-state index in [9.17, 15) is 8.42 Å². The number of anilines is 1. The van der Waals surface area contributed by atoms with Crippen LogP contribution >= 0.6 is 12.2 Å². The van der Waals surface area contributed by atoms with Crippen molar-refractivity contribution in [1.29, 1.82) is 0 Å². The molecule has 1 fully saturated rings. The van der Waals surface area contributed by atoms with Crippen LogP contribution in [0.1, 0.15) is 5.56 Å². The maximum Gasteiger partial charge on any atom is 0.243 e. The Balaban J connectivity index is 1.58. The molecule has 0 aliphatic carbocycles. The van der Waals surface area contributed by atoms with Crippen molar-refractivity contribution >= 4 is 33.0 Å². The first-order chi connectivity index (χ1) is 12.6. The van der Waals surface area contributed by atoms with Crippen LogP contribution in [0.5, 0.6) is 0 Å². The largest absolute Gasteiger partial charge is 0.358 e. The van der Waals surface area contributed by atoms with Crippen LogP contribution in [0.15, 0.2) is 53.7 Å². The molecule has 9 heteroatoms. The van der Waals surface area contributed by atoms with Crippen LogP contribution in [-0.4, -0.2) is 49.0 Å². The molecule has 0 amide bonds. The molecule has 3 rings (SSSR count). The van der Waals surface area contributed by atoms with Crippen LogP contribution < -0.4 is 16.0 Å². The van der Waals surface area contributed by atoms with Gasteiger partial charge < -0.3 is 16.0 Å². The number of sulfonamides is 1. The van der Waals surface area contributed by atoms with Gasteiger partial charge in [0.05, 0.1) is 4.90 Å². The maximum absolute atomic E-state index is 12.6. The van der Waals surface area contributed by atoms with Gasteiger partial charge in [0.2, 0.25) is 10.0 Å². The molecule has 1 saturated heterocycles. The average Bonchev–Trinajstić information content (AvgIpc) is 2.68. The zero-order valence-corrected chi connectivity index (χ0v) is 15.8. The van der Waals surface area contributed by atoms with E-state index in [-0.39, 0.29) is 0 Å². The molecular formula is C17H21N5O2S2. The second-order valence-electron chi connectivity index (χ2n) is 5.85. The first kappa shape index (κ1) is 18.7. The minimum Gasteiger partial charge on any atom is -0.358 e. The molecule has 7 nitrogen and oxygen atoms in total. The number of nitrogens with zero attached hydrogens (tertiary/aromatic N) is 2. The number of pyridine rings is 1. The van der Waals surface area contributed by atoms with Gasteiger partial charge >= 0.3 is 0 Å². The quantitative estimate of drug-likeness (QED) is 0.660. The molecule has 1 aromatic carbocycles. The topological polar surface area (TPSA) is 86.4 Å². The second-order valence-corrected chi connectivity index (χ2v) is 8.19. The van der Waals surface area contributed by atoms with Crippen molar-refractivity contribution < 1.29 is 8.42 Å². The highest BCUT2D eigenvalue weighted by molar-refractivity contribution is 7.89. The van der Waals surface area contributed by atoms with Gasteiger partial charge in [-0.05, 0) is 48.1 Å². The lowest BCUT2D eigenvalue weighted by molar-refractivity contribution is 0.360. The predicted octanol–water partition coefficient (Wildman–Crippen LogP) is 1.16. The van der Waals surface area contributed by atoms with Gasteiger partial charge in [0.25, 0.3) is 0 Å². The summed E-state index contributed by atoms with van der Waals surface area (Å²) in [5.41, 5.74) is 1.75. The molecule has 0 unspecified atom stereocenters. The fourth-order valence-electron chi connectivity index (χ4n) is 2.60. The monoisotopic (exact) mass is 391 g/mol. The highest BCUT2D eigenvalue weighted by Crippen LogP contribution is 2.18. The van der Waals surface area contributed by atoms with Gasteiger partial charge in [-0.2, -0.15) is 4.31 Å². The van der Waals surface area contributed by atoms with Crippen LogP contribution in [0.3, 0.4) is 0 Å². The van der Waals surface area contributed by atoms with Crippen molar-refractivity contribution in [3.63, 3.8) is 0 Å². The standard InChI is InChI=1S/C17H21N5O2S2/c23-26(24,22-10-8-18-9-11-22)16-5-3-15(4-6-16)21-17(25)20-13-14-2-1-7-19-12-14/h1-7,12,18H,8-11,13H2,(H2,20,21,25). The second kappa shape index (κ2) is 8.54. The smallest absolute Gasteiger partial charge is 0.243 e. The summed E-state index contributed by atoms with van der Waals surface area (Å²) in [6.45, 7) is 2.90. The van der Waals surface area contributed by atoms with Gasteiger partial charge in [-0.3, -0.25) is 4.98 Å². The predicted molar refractivity (Wildman–Crippen MR) is 105 cm³/mol. The normalized spacial score (nSPS) is 15.4. The number of thiocarbonyl (C=S) groups is 1. The Kier molecular flexibility index (Phi) is 6.15. The third-order valence-electron chi connectivity index (χ3n) is 4.00. The van der Waals surface area contributed by atoms with Gasteiger partial charge in [-0.25, -0.2) is 8.42 Å². The van der Waals surface area contributed by atoms with E-state index in [4.69, 9.17) is 12.2 Å². The van der Waals surface area contributed by atoms with Crippen LogP contribution in [0.25, 0.3) is 0 Å². The van der Waals surface area contributed by atoms with Crippen molar-refractivity contribution in [2.24, 2.45) is 0 Å². The molecule has 1 aliphatic rings. The summed E-state index contributed by atoms with van der Waals surface area (Å²) >= 11 is 5.27. The van der Waals surface area contributed by atoms with Crippen molar-refractivity contribution in [2.45, 2.75) is 11.4 Å². The molecule has 0 atom stereocenters. The summed E-state index contributed by atoms with van der Waals surface area (Å²) in [5, 5.41) is 9.76. The summed E-state index contributed by atoms with van der Waals surface area (Å²) < 4.78 is 26.7. The number of piperazine rings is 1. The summed E-state index contributed by atoms with van der Waals surface area (Å²) in [5.74, 6) is 0. The van der Waals surface area contributed by atoms with Gasteiger partial charge in [0, 0.05) is 50.8 Å². The Morgan fingerprint density at radius 3 is 2.58 bits per heavy atom. The van der Waals surface area contributed by atoms with Crippen molar-refractivity contribution in [3.8, 4) is 0 Å². The molecule has 138 valence electrons. The van der Waals surface area contributed by atoms with E-state index in [1.807, 2.05) is 12.1 Å². The summed E-state index contributed by atoms with van der Waals surface area (Å²) in [6, 6.07) is 10.5. The lowest BCUT2D eigenvalue weighted by atomic mass is 10.3. The van der Waals surface area contributed by atoms with E-state index < -0.39 is 10.0 Å². The van der Waals surface area contributed by atoms with Gasteiger partial charge in [0.1, 0.15) is 0 Å². The number of hydrogen-bond acceptors (Lipinski definition) is 5. The van der Waals surface area contributed by atoms with Crippen molar-refractivity contribution in [3.05, 3.63) is 54.4 Å². The zero-order valence-electron chi connectivity index (χ0n) is 14.2. The zero-order chi connectivity index (χ0) is 18.4. The third-order valence-corrected chi connectivity index (χ3v) is 6.16. The molecule has 0 bridgehead atoms. The van der Waals surface area contributed by atoms with Gasteiger partial charge in [0.15, 0.2) is 5.11 Å². The first-order valence-corrected chi connectivity index (χ1v) is 10.2. The van der Waals surface area contributed by atoms with Gasteiger partial charge in [-0.1, -0.05) is 6.07 Å². The van der Waals surface area contributed by atoms with Crippen molar-refractivity contribution in [1.82, 2.24) is 19.9 Å². The SMILES string of the molecule is O=S(=O)(c1ccc(NC(=S)NCc2cccnc2)cc1)N1CCNCC1. The summed E-state index contributed by atoms with van der Waals surface area (Å²) in [4.78, 5) is 4.34. The van der Waals surface area contributed by atoms with E-state index in [2.05, 4.69) is 20.9 Å². The number of aromatic nitrogens is 1. The average molecular weight is 392 g/mol. The highest BCUT2D eigenvalue weighted by atomic mass is 32.2. The first-order valence-electron chi connectivity index (χ1n) is 8.30. The molecule has 0 saturated carbocycles. The van der Waals surface area contributed by atoms with E-state index in [0.29, 0.717) is 42.7 Å². The fraction of sp³-hybridized carbons (Fsp3) is 0.294. The lowest BCUT2D eigenvalue weighted by Gasteiger charge is -2.26. The Morgan fingerprint density at radius 1 is 1.19 bits per heavy atom. The van der Waals surface area contributed by atoms with Gasteiger partial charge in [-0.15, -0.1) is 0 Å². The summed E-state index contributed by atoms with van der Waals surface area (Å²) in [6.07, 6.45) is 3.49. The molecule has 2 aromatic rings. The van der Waals surface area contributed by atoms with E-state index in [0.717, 1.165) is 11.3 Å². The molecule has 0 radical (unpaired) electrons. The third kappa shape index (κ3) is 4.76. The molecule has 3 N–H and O–H groups in total. The van der Waals surface area contributed by atoms with E-state index >= 15 is 0 Å². The molecular weight excluding hydrogens is 370 g/mol.